The van der Waals surface area contributed by atoms with Crippen molar-refractivity contribution in [2.45, 2.75) is 25.6 Å². The molecule has 1 saturated heterocycles. The molecule has 0 N–H and O–H groups in total. The first-order chi connectivity index (χ1) is 9.75. The molecule has 2 aliphatic heterocycles. The molecule has 1 aromatic rings. The highest BCUT2D eigenvalue weighted by Gasteiger charge is 2.36. The number of rotatable bonds is 1. The molecule has 0 saturated carbocycles. The second-order valence-electron chi connectivity index (χ2n) is 5.10. The predicted octanol–water partition coefficient (Wildman–Crippen LogP) is 2.18. The highest BCUT2D eigenvalue weighted by atomic mass is 32.2. The number of carbonyl (C=O) groups excluding carboxylic acids is 1. The van der Waals surface area contributed by atoms with Crippen molar-refractivity contribution in [1.29, 1.82) is 0 Å². The lowest BCUT2D eigenvalue weighted by Gasteiger charge is -2.34. The first kappa shape index (κ1) is 13.6. The van der Waals surface area contributed by atoms with Crippen molar-refractivity contribution in [1.82, 2.24) is 4.90 Å². The van der Waals surface area contributed by atoms with E-state index >= 15 is 0 Å². The van der Waals surface area contributed by atoms with E-state index in [4.69, 9.17) is 9.47 Å². The van der Waals surface area contributed by atoms with Crippen LogP contribution in [0.4, 0.5) is 0 Å². The lowest BCUT2D eigenvalue weighted by atomic mass is 10.1. The van der Waals surface area contributed by atoms with Crippen molar-refractivity contribution >= 4 is 17.7 Å². The summed E-state index contributed by atoms with van der Waals surface area (Å²) in [5, 5.41) is 0. The molecule has 2 heterocycles. The van der Waals surface area contributed by atoms with Crippen LogP contribution < -0.4 is 9.47 Å². The SMILES string of the molecule is C[C@@H]1Oc2ccccc2O[C@H]1C(=O)N1CCCSCC1. The standard InChI is InChI=1S/C15H19NO3S/c1-11-14(15(17)16-7-4-9-20-10-8-16)19-13-6-3-2-5-12(13)18-11/h2-3,5-6,11,14H,4,7-10H2,1H3/t11-,14+/m0/s1. The summed E-state index contributed by atoms with van der Waals surface area (Å²) in [7, 11) is 0. The molecular weight excluding hydrogens is 274 g/mol. The van der Waals surface area contributed by atoms with E-state index in [1.54, 1.807) is 0 Å². The Bertz CT molecular complexity index is 486. The largest absolute Gasteiger partial charge is 0.482 e. The van der Waals surface area contributed by atoms with Gasteiger partial charge in [-0.05, 0) is 31.2 Å². The lowest BCUT2D eigenvalue weighted by Crippen LogP contribution is -2.51. The van der Waals surface area contributed by atoms with Crippen LogP contribution in [-0.4, -0.2) is 47.6 Å². The Morgan fingerprint density at radius 3 is 2.75 bits per heavy atom. The van der Waals surface area contributed by atoms with Crippen LogP contribution in [0.25, 0.3) is 0 Å². The molecule has 20 heavy (non-hydrogen) atoms. The van der Waals surface area contributed by atoms with E-state index in [1.165, 1.54) is 0 Å². The Hall–Kier alpha value is -1.36. The van der Waals surface area contributed by atoms with Gasteiger partial charge in [-0.3, -0.25) is 4.79 Å². The Balaban J connectivity index is 1.75. The van der Waals surface area contributed by atoms with Gasteiger partial charge in [-0.1, -0.05) is 12.1 Å². The van der Waals surface area contributed by atoms with Crippen LogP contribution in [0.2, 0.25) is 0 Å². The molecular formula is C15H19NO3S. The van der Waals surface area contributed by atoms with Gasteiger partial charge in [0.05, 0.1) is 0 Å². The fourth-order valence-electron chi connectivity index (χ4n) is 2.54. The van der Waals surface area contributed by atoms with Crippen LogP contribution in [0.5, 0.6) is 11.5 Å². The molecule has 1 aromatic carbocycles. The molecule has 1 fully saturated rings. The summed E-state index contributed by atoms with van der Waals surface area (Å²) in [5.74, 6) is 3.56. The summed E-state index contributed by atoms with van der Waals surface area (Å²) >= 11 is 1.91. The summed E-state index contributed by atoms with van der Waals surface area (Å²) in [5.41, 5.74) is 0. The average Bonchev–Trinajstić information content (AvgIpc) is 2.75. The van der Waals surface area contributed by atoms with E-state index in [1.807, 2.05) is 47.9 Å². The van der Waals surface area contributed by atoms with Crippen LogP contribution in [0.1, 0.15) is 13.3 Å². The van der Waals surface area contributed by atoms with Gasteiger partial charge in [0, 0.05) is 18.8 Å². The summed E-state index contributed by atoms with van der Waals surface area (Å²) < 4.78 is 11.7. The topological polar surface area (TPSA) is 38.8 Å². The highest BCUT2D eigenvalue weighted by Crippen LogP contribution is 2.34. The molecule has 2 atom stereocenters. The maximum Gasteiger partial charge on any atom is 0.267 e. The molecule has 0 unspecified atom stereocenters. The molecule has 2 aliphatic rings. The normalized spacial score (nSPS) is 25.9. The molecule has 3 rings (SSSR count). The third-order valence-electron chi connectivity index (χ3n) is 3.62. The second kappa shape index (κ2) is 5.95. The molecule has 1 amide bonds. The van der Waals surface area contributed by atoms with E-state index in [9.17, 15) is 4.79 Å². The Morgan fingerprint density at radius 1 is 1.20 bits per heavy atom. The Kier molecular flexibility index (Phi) is 4.05. The number of benzene rings is 1. The van der Waals surface area contributed by atoms with Crippen LogP contribution >= 0.6 is 11.8 Å². The fraction of sp³-hybridized carbons (Fsp3) is 0.533. The van der Waals surface area contributed by atoms with Crippen molar-refractivity contribution in [2.75, 3.05) is 24.6 Å². The average molecular weight is 293 g/mol. The summed E-state index contributed by atoms with van der Waals surface area (Å²) in [6.07, 6.45) is 0.260. The number of thioether (sulfide) groups is 1. The summed E-state index contributed by atoms with van der Waals surface area (Å²) in [6, 6.07) is 7.51. The number of carbonyl (C=O) groups is 1. The Labute approximate surface area is 123 Å². The highest BCUT2D eigenvalue weighted by molar-refractivity contribution is 7.99. The van der Waals surface area contributed by atoms with Crippen molar-refractivity contribution in [3.63, 3.8) is 0 Å². The molecule has 4 nitrogen and oxygen atoms in total. The van der Waals surface area contributed by atoms with Crippen molar-refractivity contribution in [2.24, 2.45) is 0 Å². The summed E-state index contributed by atoms with van der Waals surface area (Å²) in [6.45, 7) is 3.52. The van der Waals surface area contributed by atoms with E-state index < -0.39 is 6.10 Å². The maximum absolute atomic E-state index is 12.6. The first-order valence-corrected chi connectivity index (χ1v) is 8.20. The number of ether oxygens (including phenoxy) is 2. The van der Waals surface area contributed by atoms with Crippen LogP contribution in [0, 0.1) is 0 Å². The molecule has 0 aromatic heterocycles. The zero-order chi connectivity index (χ0) is 13.9. The lowest BCUT2D eigenvalue weighted by molar-refractivity contribution is -0.144. The van der Waals surface area contributed by atoms with E-state index in [-0.39, 0.29) is 12.0 Å². The molecule has 0 aliphatic carbocycles. The van der Waals surface area contributed by atoms with Crippen LogP contribution in [0.3, 0.4) is 0 Å². The second-order valence-corrected chi connectivity index (χ2v) is 6.32. The number of para-hydroxylation sites is 2. The summed E-state index contributed by atoms with van der Waals surface area (Å²) in [4.78, 5) is 14.6. The van der Waals surface area contributed by atoms with Gasteiger partial charge in [0.1, 0.15) is 6.10 Å². The Morgan fingerprint density at radius 2 is 1.95 bits per heavy atom. The minimum absolute atomic E-state index is 0.0505. The predicted molar refractivity (Wildman–Crippen MR) is 79.5 cm³/mol. The van der Waals surface area contributed by atoms with Crippen molar-refractivity contribution in [3.05, 3.63) is 24.3 Å². The molecule has 108 valence electrons. The van der Waals surface area contributed by atoms with E-state index in [0.29, 0.717) is 5.75 Å². The van der Waals surface area contributed by atoms with Crippen molar-refractivity contribution < 1.29 is 14.3 Å². The van der Waals surface area contributed by atoms with Gasteiger partial charge in [0.2, 0.25) is 6.10 Å². The van der Waals surface area contributed by atoms with Gasteiger partial charge in [0.15, 0.2) is 11.5 Å². The zero-order valence-electron chi connectivity index (χ0n) is 11.6. The minimum Gasteiger partial charge on any atom is -0.482 e. The van der Waals surface area contributed by atoms with Gasteiger partial charge in [0.25, 0.3) is 5.91 Å². The maximum atomic E-state index is 12.6. The third-order valence-corrected chi connectivity index (χ3v) is 4.67. The number of hydrogen-bond acceptors (Lipinski definition) is 4. The number of nitrogens with zero attached hydrogens (tertiary/aromatic N) is 1. The molecule has 0 radical (unpaired) electrons. The molecule has 5 heteroatoms. The number of fused-ring (bicyclic) bond motifs is 1. The van der Waals surface area contributed by atoms with Crippen molar-refractivity contribution in [3.8, 4) is 11.5 Å². The van der Waals surface area contributed by atoms with E-state index in [2.05, 4.69) is 0 Å². The number of amides is 1. The van der Waals surface area contributed by atoms with Gasteiger partial charge in [-0.25, -0.2) is 0 Å². The monoisotopic (exact) mass is 293 g/mol. The molecule has 0 bridgehead atoms. The van der Waals surface area contributed by atoms with Gasteiger partial charge in [-0.2, -0.15) is 11.8 Å². The first-order valence-electron chi connectivity index (χ1n) is 7.04. The fourth-order valence-corrected chi connectivity index (χ4v) is 3.42. The van der Waals surface area contributed by atoms with Gasteiger partial charge < -0.3 is 14.4 Å². The smallest absolute Gasteiger partial charge is 0.267 e. The third kappa shape index (κ3) is 2.73. The van der Waals surface area contributed by atoms with Crippen LogP contribution in [-0.2, 0) is 4.79 Å². The number of hydrogen-bond donors (Lipinski definition) is 0. The van der Waals surface area contributed by atoms with E-state index in [0.717, 1.165) is 36.8 Å². The quantitative estimate of drug-likeness (QED) is 0.795. The van der Waals surface area contributed by atoms with Gasteiger partial charge in [-0.15, -0.1) is 0 Å². The van der Waals surface area contributed by atoms with Gasteiger partial charge >= 0.3 is 0 Å². The molecule has 0 spiro atoms. The van der Waals surface area contributed by atoms with Crippen LogP contribution in [0.15, 0.2) is 24.3 Å². The minimum atomic E-state index is -0.534. The zero-order valence-corrected chi connectivity index (χ0v) is 12.4.